The maximum Gasteiger partial charge on any atom is 0.271 e. The van der Waals surface area contributed by atoms with E-state index in [4.69, 9.17) is 4.74 Å². The number of rotatable bonds is 7. The summed E-state index contributed by atoms with van der Waals surface area (Å²) in [5, 5.41) is 24.5. The smallest absolute Gasteiger partial charge is 0.271 e. The molecule has 4 aromatic carbocycles. The number of imide groups is 2. The fraction of sp³-hybridized carbons (Fsp3) is 0.250. The lowest BCUT2D eigenvalue weighted by molar-refractivity contribution is -0.384. The van der Waals surface area contributed by atoms with E-state index in [0.29, 0.717) is 26.9 Å². The molecule has 2 N–H and O–H groups in total. The highest BCUT2D eigenvalue weighted by Crippen LogP contribution is 2.65. The number of ether oxygens (including phenoxy) is 1. The molecule has 2 aliphatic heterocycles. The molecule has 0 radical (unpaired) electrons. The fourth-order valence-electron chi connectivity index (χ4n) is 9.06. The Balaban J connectivity index is 1.34. The van der Waals surface area contributed by atoms with Crippen molar-refractivity contribution in [1.82, 2.24) is 5.01 Å². The molecule has 1 saturated carbocycles. The number of nitro benzene ring substituents is 1. The number of halogens is 1. The van der Waals surface area contributed by atoms with E-state index in [9.17, 15) is 29.6 Å². The average Bonchev–Trinajstić information content (AvgIpc) is 3.54. The molecule has 2 saturated heterocycles. The molecule has 0 aromatic heterocycles. The fourth-order valence-corrected chi connectivity index (χ4v) is 9.52. The zero-order valence-corrected chi connectivity index (χ0v) is 30.1. The molecule has 2 heterocycles. The number of hydrogen-bond donors (Lipinski definition) is 2. The predicted octanol–water partition coefficient (Wildman–Crippen LogP) is 6.57. The van der Waals surface area contributed by atoms with Crippen molar-refractivity contribution in [2.24, 2.45) is 23.7 Å². The normalized spacial score (nSPS) is 26.2. The third-order valence-corrected chi connectivity index (χ3v) is 11.7. The molecule has 53 heavy (non-hydrogen) atoms. The average molecular weight is 778 g/mol. The van der Waals surface area contributed by atoms with Crippen LogP contribution in [0.1, 0.15) is 35.4 Å². The van der Waals surface area contributed by atoms with Gasteiger partial charge in [0.25, 0.3) is 17.5 Å². The van der Waals surface area contributed by atoms with E-state index in [0.717, 1.165) is 15.5 Å². The van der Waals surface area contributed by atoms with E-state index in [1.54, 1.807) is 48.5 Å². The number of hydrazine groups is 1. The quantitative estimate of drug-likeness (QED) is 0.0917. The Bertz CT molecular complexity index is 2260. The van der Waals surface area contributed by atoms with Crippen LogP contribution in [0.15, 0.2) is 107 Å². The molecule has 0 unspecified atom stereocenters. The molecule has 13 heteroatoms. The number of carbonyl (C=O) groups excluding carboxylic acids is 4. The van der Waals surface area contributed by atoms with Gasteiger partial charge >= 0.3 is 0 Å². The molecule has 3 fully saturated rings. The molecular weight excluding hydrogens is 744 g/mol. The van der Waals surface area contributed by atoms with Crippen molar-refractivity contribution >= 4 is 56.6 Å². The third-order valence-electron chi connectivity index (χ3n) is 11.3. The van der Waals surface area contributed by atoms with Gasteiger partial charge in [-0.3, -0.25) is 34.7 Å². The van der Waals surface area contributed by atoms with Gasteiger partial charge in [-0.1, -0.05) is 81.7 Å². The molecular formula is C40H33BrN4O8. The van der Waals surface area contributed by atoms with Gasteiger partial charge in [0.2, 0.25) is 11.8 Å². The number of nitrogens with one attached hydrogen (secondary N) is 1. The van der Waals surface area contributed by atoms with Crippen molar-refractivity contribution in [3.05, 3.63) is 134 Å². The Labute approximate surface area is 312 Å². The summed E-state index contributed by atoms with van der Waals surface area (Å²) in [4.78, 5) is 70.8. The first-order chi connectivity index (χ1) is 25.5. The summed E-state index contributed by atoms with van der Waals surface area (Å²) in [6.45, 7) is 1.93. The maximum atomic E-state index is 15.3. The maximum absolute atomic E-state index is 15.3. The number of aromatic hydroxyl groups is 1. The standard InChI is InChI=1S/C40H33BrN4O8/c1-21-11-13-24(14-12-21)42-44-37(48)31-20-29-27(15-16-28-33(29)38(49)43(36(28)47)25-9-6-10-26(19-25)45(51)52)34(30-17-23(41)18-32(53-2)35(30)46)40(31,39(44)50)22-7-4-3-5-8-22/h3-15,17-19,28-29,31,33-34,42,46H,16,20H2,1-2H3/t28-,29+,31-,33-,34+,40+/m0/s1. The summed E-state index contributed by atoms with van der Waals surface area (Å²) in [7, 11) is 1.41. The minimum absolute atomic E-state index is 0.0444. The number of phenols is 1. The van der Waals surface area contributed by atoms with Crippen molar-refractivity contribution in [2.45, 2.75) is 31.1 Å². The molecule has 0 bridgehead atoms. The number of benzene rings is 4. The zero-order chi connectivity index (χ0) is 37.3. The van der Waals surface area contributed by atoms with Crippen LogP contribution in [-0.4, -0.2) is 45.8 Å². The van der Waals surface area contributed by atoms with Gasteiger partial charge in [0, 0.05) is 28.1 Å². The number of nitrogens with zero attached hydrogens (tertiary/aromatic N) is 3. The van der Waals surface area contributed by atoms with Gasteiger partial charge in [-0.15, -0.1) is 0 Å². The highest BCUT2D eigenvalue weighted by molar-refractivity contribution is 9.10. The van der Waals surface area contributed by atoms with E-state index in [1.807, 2.05) is 31.2 Å². The van der Waals surface area contributed by atoms with Gasteiger partial charge in [-0.2, -0.15) is 5.01 Å². The Morgan fingerprint density at radius 2 is 1.66 bits per heavy atom. The number of allylic oxidation sites excluding steroid dienone is 2. The number of amides is 4. The Morgan fingerprint density at radius 3 is 2.36 bits per heavy atom. The SMILES string of the molecule is COc1cc(Br)cc([C@H]2C3=CC[C@@H]4C(=O)N(c5cccc([N+](=O)[O-])c5)C(=O)[C@@H]4[C@@H]3C[C@H]3C(=O)N(Nc4ccc(C)cc4)C(=O)[C@@]23c2ccccc2)c1O. The lowest BCUT2D eigenvalue weighted by Crippen LogP contribution is -2.53. The van der Waals surface area contributed by atoms with E-state index < -0.39 is 63.6 Å². The summed E-state index contributed by atoms with van der Waals surface area (Å²) < 4.78 is 6.11. The van der Waals surface area contributed by atoms with Crippen molar-refractivity contribution in [2.75, 3.05) is 17.4 Å². The number of non-ortho nitro benzene ring substituents is 1. The van der Waals surface area contributed by atoms with Crippen molar-refractivity contribution in [1.29, 1.82) is 0 Å². The van der Waals surface area contributed by atoms with Crippen molar-refractivity contribution in [3.63, 3.8) is 0 Å². The minimum atomic E-state index is -1.60. The molecule has 6 atom stereocenters. The Hall–Kier alpha value is -5.82. The number of fused-ring (bicyclic) bond motifs is 4. The second-order valence-corrected chi connectivity index (χ2v) is 14.8. The Kier molecular flexibility index (Phi) is 8.21. The van der Waals surface area contributed by atoms with Crippen LogP contribution < -0.4 is 15.1 Å². The lowest BCUT2D eigenvalue weighted by atomic mass is 9.49. The van der Waals surface area contributed by atoms with E-state index in [-0.39, 0.29) is 35.7 Å². The number of anilines is 2. The highest BCUT2D eigenvalue weighted by atomic mass is 79.9. The van der Waals surface area contributed by atoms with Crippen LogP contribution in [0.4, 0.5) is 17.1 Å². The first-order valence-corrected chi connectivity index (χ1v) is 17.9. The second-order valence-electron chi connectivity index (χ2n) is 13.9. The van der Waals surface area contributed by atoms with Crippen LogP contribution in [-0.2, 0) is 24.6 Å². The summed E-state index contributed by atoms with van der Waals surface area (Å²) in [6.07, 6.45) is 2.06. The minimum Gasteiger partial charge on any atom is -0.504 e. The summed E-state index contributed by atoms with van der Waals surface area (Å²) in [5.74, 6) is -6.64. The third kappa shape index (κ3) is 5.08. The van der Waals surface area contributed by atoms with Crippen LogP contribution in [0.25, 0.3) is 0 Å². The van der Waals surface area contributed by atoms with Gasteiger partial charge in [-0.25, -0.2) is 4.90 Å². The molecule has 8 rings (SSSR count). The molecule has 4 amide bonds. The number of carbonyl (C=O) groups is 4. The van der Waals surface area contributed by atoms with Crippen LogP contribution in [0.3, 0.4) is 0 Å². The number of aryl methyl sites for hydroxylation is 1. The number of hydrogen-bond acceptors (Lipinski definition) is 9. The van der Waals surface area contributed by atoms with Gasteiger partial charge in [-0.05, 0) is 61.6 Å². The van der Waals surface area contributed by atoms with E-state index in [2.05, 4.69) is 21.4 Å². The number of methoxy groups -OCH3 is 1. The monoisotopic (exact) mass is 776 g/mol. The van der Waals surface area contributed by atoms with Crippen LogP contribution in [0.2, 0.25) is 0 Å². The molecule has 2 aliphatic carbocycles. The lowest BCUT2D eigenvalue weighted by Gasteiger charge is -2.50. The van der Waals surface area contributed by atoms with E-state index in [1.165, 1.54) is 31.4 Å². The molecule has 4 aromatic rings. The predicted molar refractivity (Wildman–Crippen MR) is 197 cm³/mol. The van der Waals surface area contributed by atoms with Crippen molar-refractivity contribution in [3.8, 4) is 11.5 Å². The molecule has 268 valence electrons. The van der Waals surface area contributed by atoms with E-state index >= 15 is 4.79 Å². The second kappa shape index (κ2) is 12.7. The highest BCUT2D eigenvalue weighted by Gasteiger charge is 2.70. The summed E-state index contributed by atoms with van der Waals surface area (Å²) in [5.41, 5.74) is 4.29. The van der Waals surface area contributed by atoms with Gasteiger partial charge in [0.05, 0.1) is 46.6 Å². The molecule has 0 spiro atoms. The summed E-state index contributed by atoms with van der Waals surface area (Å²) in [6, 6.07) is 24.9. The van der Waals surface area contributed by atoms with Crippen LogP contribution >= 0.6 is 15.9 Å². The van der Waals surface area contributed by atoms with Gasteiger partial charge < -0.3 is 9.84 Å². The van der Waals surface area contributed by atoms with Gasteiger partial charge in [0.15, 0.2) is 11.5 Å². The Morgan fingerprint density at radius 1 is 0.925 bits per heavy atom. The first-order valence-electron chi connectivity index (χ1n) is 17.1. The van der Waals surface area contributed by atoms with Crippen LogP contribution in [0.5, 0.6) is 11.5 Å². The van der Waals surface area contributed by atoms with Gasteiger partial charge in [0.1, 0.15) is 0 Å². The first kappa shape index (κ1) is 34.3. The largest absolute Gasteiger partial charge is 0.504 e. The topological polar surface area (TPSA) is 159 Å². The summed E-state index contributed by atoms with van der Waals surface area (Å²) >= 11 is 3.55. The van der Waals surface area contributed by atoms with Crippen molar-refractivity contribution < 1.29 is 33.9 Å². The molecule has 4 aliphatic rings. The number of nitro groups is 1. The number of phenolic OH excluding ortho intramolecular Hbond substituents is 1. The molecule has 12 nitrogen and oxygen atoms in total. The van der Waals surface area contributed by atoms with Crippen LogP contribution in [0, 0.1) is 40.7 Å². The zero-order valence-electron chi connectivity index (χ0n) is 28.6.